The molecular formula is C11H19NO2. The first-order chi connectivity index (χ1) is 6.38. The third-order valence-corrected chi connectivity index (χ3v) is 2.74. The van der Waals surface area contributed by atoms with Crippen LogP contribution in [0, 0.1) is 19.3 Å². The fourth-order valence-corrected chi connectivity index (χ4v) is 1.24. The van der Waals surface area contributed by atoms with Crippen LogP contribution in [0.1, 0.15) is 37.0 Å². The van der Waals surface area contributed by atoms with Crippen molar-refractivity contribution in [2.24, 2.45) is 11.1 Å². The maximum atomic E-state index is 9.18. The molecule has 0 saturated carbocycles. The van der Waals surface area contributed by atoms with Gasteiger partial charge in [0.05, 0.1) is 12.6 Å². The van der Waals surface area contributed by atoms with Crippen LogP contribution in [0.25, 0.3) is 0 Å². The molecule has 1 aromatic heterocycles. The van der Waals surface area contributed by atoms with Crippen LogP contribution in [0.4, 0.5) is 0 Å². The van der Waals surface area contributed by atoms with E-state index in [1.54, 1.807) is 0 Å². The van der Waals surface area contributed by atoms with Crippen molar-refractivity contribution in [3.05, 3.63) is 23.2 Å². The molecule has 3 N–H and O–H groups in total. The normalized spacial score (nSPS) is 14.4. The Morgan fingerprint density at radius 2 is 2.07 bits per heavy atom. The zero-order chi connectivity index (χ0) is 10.9. The van der Waals surface area contributed by atoms with Gasteiger partial charge in [0.15, 0.2) is 0 Å². The van der Waals surface area contributed by atoms with Crippen molar-refractivity contribution >= 4 is 0 Å². The van der Waals surface area contributed by atoms with E-state index in [0.717, 1.165) is 17.1 Å². The molecule has 0 aliphatic rings. The Bertz CT molecular complexity index is 296. The first-order valence-electron chi connectivity index (χ1n) is 4.82. The van der Waals surface area contributed by atoms with E-state index in [9.17, 15) is 5.11 Å². The summed E-state index contributed by atoms with van der Waals surface area (Å²) in [6.45, 7) is 7.79. The Kier molecular flexibility index (Phi) is 3.02. The standard InChI is InChI=1S/C11H19NO2/c1-7-5-9(14-8(7)2)10(12)11(3,4)6-13/h5,10,13H,6,12H2,1-4H3/t10-/m1/s1. The molecule has 80 valence electrons. The predicted octanol–water partition coefficient (Wildman–Crippen LogP) is 1.91. The van der Waals surface area contributed by atoms with E-state index in [1.807, 2.05) is 33.8 Å². The number of aliphatic hydroxyl groups is 1. The molecule has 0 spiro atoms. The summed E-state index contributed by atoms with van der Waals surface area (Å²) < 4.78 is 5.53. The Morgan fingerprint density at radius 3 is 2.43 bits per heavy atom. The molecule has 0 unspecified atom stereocenters. The summed E-state index contributed by atoms with van der Waals surface area (Å²) in [5.74, 6) is 1.64. The second-order valence-electron chi connectivity index (χ2n) is 4.51. The lowest BCUT2D eigenvalue weighted by Gasteiger charge is -2.27. The SMILES string of the molecule is Cc1cc([C@@H](N)C(C)(C)CO)oc1C. The summed E-state index contributed by atoms with van der Waals surface area (Å²) >= 11 is 0. The predicted molar refractivity (Wildman–Crippen MR) is 56.0 cm³/mol. The highest BCUT2D eigenvalue weighted by Crippen LogP contribution is 2.32. The van der Waals surface area contributed by atoms with Crippen molar-refractivity contribution in [3.63, 3.8) is 0 Å². The highest BCUT2D eigenvalue weighted by Gasteiger charge is 2.29. The zero-order valence-electron chi connectivity index (χ0n) is 9.29. The largest absolute Gasteiger partial charge is 0.464 e. The van der Waals surface area contributed by atoms with Crippen molar-refractivity contribution in [1.29, 1.82) is 0 Å². The van der Waals surface area contributed by atoms with Crippen LogP contribution < -0.4 is 5.73 Å². The molecule has 1 aromatic rings. The number of furan rings is 1. The van der Waals surface area contributed by atoms with Crippen molar-refractivity contribution in [2.75, 3.05) is 6.61 Å². The van der Waals surface area contributed by atoms with Gasteiger partial charge in [0.25, 0.3) is 0 Å². The van der Waals surface area contributed by atoms with Crippen LogP contribution in [-0.2, 0) is 0 Å². The molecule has 0 radical (unpaired) electrons. The quantitative estimate of drug-likeness (QED) is 0.778. The molecule has 0 bridgehead atoms. The number of aryl methyl sites for hydroxylation is 2. The lowest BCUT2D eigenvalue weighted by molar-refractivity contribution is 0.122. The maximum absolute atomic E-state index is 9.18. The average Bonchev–Trinajstić information content (AvgIpc) is 2.45. The van der Waals surface area contributed by atoms with Gasteiger partial charge < -0.3 is 15.3 Å². The van der Waals surface area contributed by atoms with Crippen LogP contribution in [0.3, 0.4) is 0 Å². The molecule has 14 heavy (non-hydrogen) atoms. The molecule has 1 atom stereocenters. The van der Waals surface area contributed by atoms with Crippen LogP contribution >= 0.6 is 0 Å². The summed E-state index contributed by atoms with van der Waals surface area (Å²) in [4.78, 5) is 0. The third-order valence-electron chi connectivity index (χ3n) is 2.74. The van der Waals surface area contributed by atoms with Gasteiger partial charge in [0.2, 0.25) is 0 Å². The molecule has 1 rings (SSSR count). The van der Waals surface area contributed by atoms with E-state index in [2.05, 4.69) is 0 Å². The number of aliphatic hydroxyl groups excluding tert-OH is 1. The maximum Gasteiger partial charge on any atom is 0.121 e. The first-order valence-corrected chi connectivity index (χ1v) is 4.82. The third kappa shape index (κ3) is 1.99. The summed E-state index contributed by atoms with van der Waals surface area (Å²) in [5.41, 5.74) is 6.76. The Balaban J connectivity index is 2.94. The van der Waals surface area contributed by atoms with Gasteiger partial charge in [-0.15, -0.1) is 0 Å². The van der Waals surface area contributed by atoms with Gasteiger partial charge in [0.1, 0.15) is 11.5 Å². The fourth-order valence-electron chi connectivity index (χ4n) is 1.24. The highest BCUT2D eigenvalue weighted by molar-refractivity contribution is 5.21. The Hall–Kier alpha value is -0.800. The van der Waals surface area contributed by atoms with Crippen molar-refractivity contribution in [2.45, 2.75) is 33.7 Å². The van der Waals surface area contributed by atoms with Gasteiger partial charge >= 0.3 is 0 Å². The zero-order valence-corrected chi connectivity index (χ0v) is 9.29. The summed E-state index contributed by atoms with van der Waals surface area (Å²) in [5, 5.41) is 9.18. The van der Waals surface area contributed by atoms with E-state index in [-0.39, 0.29) is 18.1 Å². The number of nitrogens with two attached hydrogens (primary N) is 1. The summed E-state index contributed by atoms with van der Waals surface area (Å²) in [7, 11) is 0. The van der Waals surface area contributed by atoms with Gasteiger partial charge in [-0.25, -0.2) is 0 Å². The molecule has 0 aliphatic heterocycles. The molecule has 0 aromatic carbocycles. The second-order valence-corrected chi connectivity index (χ2v) is 4.51. The lowest BCUT2D eigenvalue weighted by atomic mass is 9.84. The fraction of sp³-hybridized carbons (Fsp3) is 0.636. The van der Waals surface area contributed by atoms with Crippen molar-refractivity contribution < 1.29 is 9.52 Å². The second kappa shape index (κ2) is 3.75. The van der Waals surface area contributed by atoms with Crippen LogP contribution in [0.5, 0.6) is 0 Å². The van der Waals surface area contributed by atoms with Gasteiger partial charge in [-0.05, 0) is 25.5 Å². The van der Waals surface area contributed by atoms with E-state index < -0.39 is 0 Å². The van der Waals surface area contributed by atoms with Crippen molar-refractivity contribution in [3.8, 4) is 0 Å². The van der Waals surface area contributed by atoms with E-state index in [0.29, 0.717) is 0 Å². The molecule has 3 heteroatoms. The first kappa shape index (κ1) is 11.3. The summed E-state index contributed by atoms with van der Waals surface area (Å²) in [6.07, 6.45) is 0. The lowest BCUT2D eigenvalue weighted by Crippen LogP contribution is -2.32. The van der Waals surface area contributed by atoms with E-state index in [1.165, 1.54) is 0 Å². The topological polar surface area (TPSA) is 59.4 Å². The molecule has 0 aliphatic carbocycles. The number of hydrogen-bond acceptors (Lipinski definition) is 3. The number of hydrogen-bond donors (Lipinski definition) is 2. The minimum atomic E-state index is -0.350. The summed E-state index contributed by atoms with van der Waals surface area (Å²) in [6, 6.07) is 1.68. The van der Waals surface area contributed by atoms with Gasteiger partial charge in [0, 0.05) is 5.41 Å². The molecule has 0 saturated heterocycles. The van der Waals surface area contributed by atoms with Gasteiger partial charge in [-0.2, -0.15) is 0 Å². The molecule has 0 fully saturated rings. The Morgan fingerprint density at radius 1 is 1.50 bits per heavy atom. The minimum Gasteiger partial charge on any atom is -0.464 e. The minimum absolute atomic E-state index is 0.0486. The van der Waals surface area contributed by atoms with Gasteiger partial charge in [-0.1, -0.05) is 13.8 Å². The highest BCUT2D eigenvalue weighted by atomic mass is 16.3. The van der Waals surface area contributed by atoms with Crippen LogP contribution in [-0.4, -0.2) is 11.7 Å². The molecule has 0 amide bonds. The number of rotatable bonds is 3. The molecule has 1 heterocycles. The smallest absolute Gasteiger partial charge is 0.121 e. The average molecular weight is 197 g/mol. The molecule has 3 nitrogen and oxygen atoms in total. The Labute approximate surface area is 84.9 Å². The van der Waals surface area contributed by atoms with Crippen LogP contribution in [0.15, 0.2) is 10.5 Å². The van der Waals surface area contributed by atoms with E-state index in [4.69, 9.17) is 10.2 Å². The van der Waals surface area contributed by atoms with E-state index >= 15 is 0 Å². The molecular weight excluding hydrogens is 178 g/mol. The van der Waals surface area contributed by atoms with Crippen molar-refractivity contribution in [1.82, 2.24) is 0 Å². The van der Waals surface area contributed by atoms with Crippen LogP contribution in [0.2, 0.25) is 0 Å². The monoisotopic (exact) mass is 197 g/mol. The van der Waals surface area contributed by atoms with Gasteiger partial charge in [-0.3, -0.25) is 0 Å².